The first-order valence-electron chi connectivity index (χ1n) is 16.9. The Hall–Kier alpha value is -4.64. The number of aromatic amines is 1. The largest absolute Gasteiger partial charge is 0.361 e. The van der Waals surface area contributed by atoms with Gasteiger partial charge in [-0.25, -0.2) is 0 Å². The van der Waals surface area contributed by atoms with E-state index in [2.05, 4.69) is 45.9 Å². The van der Waals surface area contributed by atoms with Gasteiger partial charge in [0.1, 0.15) is 6.04 Å². The Morgan fingerprint density at radius 1 is 0.696 bits per heavy atom. The molecule has 5 aromatic rings. The van der Waals surface area contributed by atoms with Crippen molar-refractivity contribution in [2.75, 3.05) is 5.32 Å². The number of nitrogens with one attached hydrogen (secondary N) is 3. The van der Waals surface area contributed by atoms with Crippen molar-refractivity contribution in [2.24, 2.45) is 17.8 Å². The molecular weight excluding hydrogens is 566 g/mol. The Balaban J connectivity index is 1.06. The topological polar surface area (TPSA) is 74.0 Å². The molecule has 232 valence electrons. The van der Waals surface area contributed by atoms with Crippen LogP contribution in [0.2, 0.25) is 0 Å². The number of anilines is 1. The summed E-state index contributed by atoms with van der Waals surface area (Å²) < 4.78 is 0. The summed E-state index contributed by atoms with van der Waals surface area (Å²) in [5.74, 6) is 1.69. The number of hydrogen-bond acceptors (Lipinski definition) is 2. The molecule has 4 fully saturated rings. The van der Waals surface area contributed by atoms with Crippen LogP contribution in [-0.2, 0) is 21.4 Å². The van der Waals surface area contributed by atoms with Crippen molar-refractivity contribution in [1.82, 2.24) is 10.3 Å². The van der Waals surface area contributed by atoms with Gasteiger partial charge in [0.05, 0.1) is 5.92 Å². The molecule has 3 N–H and O–H groups in total. The van der Waals surface area contributed by atoms with Gasteiger partial charge in [-0.2, -0.15) is 0 Å². The molecule has 9 rings (SSSR count). The maximum atomic E-state index is 14.2. The molecule has 46 heavy (non-hydrogen) atoms. The number of para-hydroxylation sites is 1. The first kappa shape index (κ1) is 28.8. The molecule has 4 aliphatic carbocycles. The first-order valence-corrected chi connectivity index (χ1v) is 16.9. The van der Waals surface area contributed by atoms with Crippen molar-refractivity contribution < 1.29 is 9.59 Å². The van der Waals surface area contributed by atoms with E-state index < -0.39 is 12.0 Å². The summed E-state index contributed by atoms with van der Waals surface area (Å²) in [6.07, 6.45) is 10.5. The maximum absolute atomic E-state index is 14.2. The van der Waals surface area contributed by atoms with E-state index in [1.807, 2.05) is 85.1 Å². The lowest BCUT2D eigenvalue weighted by molar-refractivity contribution is -0.126. The number of hydrogen-bond donors (Lipinski definition) is 3. The fourth-order valence-corrected chi connectivity index (χ4v) is 9.37. The molecule has 4 aliphatic rings. The average molecular weight is 608 g/mol. The average Bonchev–Trinajstić information content (AvgIpc) is 3.48. The molecule has 2 amide bonds. The van der Waals surface area contributed by atoms with Crippen molar-refractivity contribution in [3.63, 3.8) is 0 Å². The van der Waals surface area contributed by atoms with E-state index in [0.717, 1.165) is 51.0 Å². The number of fused-ring (bicyclic) bond motifs is 1. The molecule has 1 atom stereocenters. The van der Waals surface area contributed by atoms with Crippen LogP contribution in [0.3, 0.4) is 0 Å². The third-order valence-corrected chi connectivity index (χ3v) is 11.1. The van der Waals surface area contributed by atoms with E-state index in [4.69, 9.17) is 0 Å². The summed E-state index contributed by atoms with van der Waals surface area (Å²) in [6.45, 7) is 0. The molecule has 5 heteroatoms. The Bertz CT molecular complexity index is 1770. The third kappa shape index (κ3) is 5.53. The predicted molar refractivity (Wildman–Crippen MR) is 184 cm³/mol. The van der Waals surface area contributed by atoms with Crippen molar-refractivity contribution in [3.05, 3.63) is 138 Å². The molecule has 0 spiro atoms. The van der Waals surface area contributed by atoms with Crippen LogP contribution in [0.5, 0.6) is 0 Å². The van der Waals surface area contributed by atoms with Crippen LogP contribution in [0.1, 0.15) is 66.7 Å². The Morgan fingerprint density at radius 2 is 1.26 bits per heavy atom. The number of rotatable bonds is 9. The highest BCUT2D eigenvalue weighted by atomic mass is 16.2. The zero-order valence-electron chi connectivity index (χ0n) is 26.1. The number of H-pyrrole nitrogens is 1. The summed E-state index contributed by atoms with van der Waals surface area (Å²) in [5.41, 5.74) is 6.28. The molecule has 1 aromatic heterocycles. The summed E-state index contributed by atoms with van der Waals surface area (Å²) >= 11 is 0. The quantitative estimate of drug-likeness (QED) is 0.158. The van der Waals surface area contributed by atoms with E-state index >= 15 is 0 Å². The second kappa shape index (κ2) is 11.9. The van der Waals surface area contributed by atoms with E-state index in [9.17, 15) is 9.59 Å². The lowest BCUT2D eigenvalue weighted by Gasteiger charge is -2.57. The van der Waals surface area contributed by atoms with Crippen molar-refractivity contribution in [2.45, 2.75) is 62.3 Å². The maximum Gasteiger partial charge on any atom is 0.247 e. The van der Waals surface area contributed by atoms with E-state index in [-0.39, 0.29) is 11.8 Å². The van der Waals surface area contributed by atoms with Crippen molar-refractivity contribution in [1.29, 1.82) is 0 Å². The molecule has 5 nitrogen and oxygen atoms in total. The van der Waals surface area contributed by atoms with E-state index in [0.29, 0.717) is 11.8 Å². The van der Waals surface area contributed by atoms with Gasteiger partial charge in [0.2, 0.25) is 11.8 Å². The summed E-state index contributed by atoms with van der Waals surface area (Å²) in [4.78, 5) is 31.6. The summed E-state index contributed by atoms with van der Waals surface area (Å²) in [5, 5.41) is 7.39. The SMILES string of the molecule is O=C(N[C@@H](Cc1c[nH]c2ccccc12)C(=O)Nc1ccc(C23CC4CC(CC(C4)C2)C3)cc1)C(c1ccccc1)c1ccccc1. The Kier molecular flexibility index (Phi) is 7.48. The zero-order chi connectivity index (χ0) is 31.1. The number of carbonyl (C=O) groups is 2. The van der Waals surface area contributed by atoms with Crippen LogP contribution >= 0.6 is 0 Å². The minimum atomic E-state index is -0.774. The second-order valence-corrected chi connectivity index (χ2v) is 14.1. The highest BCUT2D eigenvalue weighted by Gasteiger charge is 2.51. The molecular formula is C41H41N3O2. The third-order valence-electron chi connectivity index (χ3n) is 11.1. The van der Waals surface area contributed by atoms with Crippen LogP contribution in [0, 0.1) is 17.8 Å². The van der Waals surface area contributed by atoms with Gasteiger partial charge in [-0.1, -0.05) is 91.0 Å². The fraction of sp³-hybridized carbons (Fsp3) is 0.317. The molecule has 4 aromatic carbocycles. The number of aromatic nitrogens is 1. The van der Waals surface area contributed by atoms with Crippen LogP contribution < -0.4 is 10.6 Å². The van der Waals surface area contributed by atoms with Crippen LogP contribution in [-0.4, -0.2) is 22.8 Å². The number of amides is 2. The molecule has 0 radical (unpaired) electrons. The first-order chi connectivity index (χ1) is 22.5. The van der Waals surface area contributed by atoms with Gasteiger partial charge >= 0.3 is 0 Å². The molecule has 0 unspecified atom stereocenters. The number of benzene rings is 4. The standard InChI is InChI=1S/C41H41N3O2/c45-39(43-34-17-15-33(16-18-34)41-23-27-19-28(24-41)21-29(20-27)25-41)37(22-32-26-42-36-14-8-7-13-35(32)36)44-40(46)38(30-9-3-1-4-10-30)31-11-5-2-6-12-31/h1-18,26-29,37-38,42H,19-25H2,(H,43,45)(H,44,46)/t27?,28?,29?,37-,41?/m0/s1. The van der Waals surface area contributed by atoms with E-state index in [1.165, 1.54) is 44.1 Å². The van der Waals surface area contributed by atoms with Gasteiger partial charge in [-0.15, -0.1) is 0 Å². The van der Waals surface area contributed by atoms with Crippen LogP contribution in [0.15, 0.2) is 115 Å². The monoisotopic (exact) mass is 607 g/mol. The number of carbonyl (C=O) groups excluding carboxylic acids is 2. The smallest absolute Gasteiger partial charge is 0.247 e. The van der Waals surface area contributed by atoms with Gasteiger partial charge in [0.25, 0.3) is 0 Å². The van der Waals surface area contributed by atoms with Crippen LogP contribution in [0.4, 0.5) is 5.69 Å². The summed E-state index contributed by atoms with van der Waals surface area (Å²) in [7, 11) is 0. The highest BCUT2D eigenvalue weighted by Crippen LogP contribution is 2.60. The lowest BCUT2D eigenvalue weighted by Crippen LogP contribution is -2.48. The minimum absolute atomic E-state index is 0.199. The highest BCUT2D eigenvalue weighted by molar-refractivity contribution is 5.99. The normalized spacial score (nSPS) is 23.8. The minimum Gasteiger partial charge on any atom is -0.361 e. The Labute approximate surface area is 270 Å². The fourth-order valence-electron chi connectivity index (χ4n) is 9.37. The molecule has 1 heterocycles. The predicted octanol–water partition coefficient (Wildman–Crippen LogP) is 8.13. The van der Waals surface area contributed by atoms with Gasteiger partial charge < -0.3 is 15.6 Å². The molecule has 4 bridgehead atoms. The lowest BCUT2D eigenvalue weighted by atomic mass is 9.48. The van der Waals surface area contributed by atoms with Gasteiger partial charge in [-0.05, 0) is 102 Å². The summed E-state index contributed by atoms with van der Waals surface area (Å²) in [6, 6.07) is 35.5. The Morgan fingerprint density at radius 3 is 1.87 bits per heavy atom. The molecule has 0 aliphatic heterocycles. The second-order valence-electron chi connectivity index (χ2n) is 14.1. The van der Waals surface area contributed by atoms with E-state index in [1.54, 1.807) is 0 Å². The van der Waals surface area contributed by atoms with Gasteiger partial charge in [0, 0.05) is 29.2 Å². The zero-order valence-corrected chi connectivity index (χ0v) is 26.1. The van der Waals surface area contributed by atoms with Gasteiger partial charge in [0.15, 0.2) is 0 Å². The molecule has 4 saturated carbocycles. The molecule has 0 saturated heterocycles. The van der Waals surface area contributed by atoms with Gasteiger partial charge in [-0.3, -0.25) is 9.59 Å². The van der Waals surface area contributed by atoms with Crippen LogP contribution in [0.25, 0.3) is 10.9 Å². The van der Waals surface area contributed by atoms with Crippen molar-refractivity contribution in [3.8, 4) is 0 Å². The van der Waals surface area contributed by atoms with Crippen molar-refractivity contribution >= 4 is 28.4 Å².